The van der Waals surface area contributed by atoms with Gasteiger partial charge in [-0.15, -0.1) is 12.4 Å². The van der Waals surface area contributed by atoms with Gasteiger partial charge in [-0.3, -0.25) is 0 Å². The molecule has 1 atom stereocenters. The molecule has 1 rings (SSSR count). The molecule has 110 valence electrons. The Hall–Kier alpha value is -0.520. The van der Waals surface area contributed by atoms with Crippen LogP contribution in [0, 0.1) is 11.2 Å². The maximum Gasteiger partial charge on any atom is 0.416 e. The van der Waals surface area contributed by atoms with Gasteiger partial charge in [-0.25, -0.2) is 4.39 Å². The molecule has 0 amide bonds. The van der Waals surface area contributed by atoms with Gasteiger partial charge in [0.2, 0.25) is 0 Å². The molecule has 0 saturated carbocycles. The number of rotatable bonds is 1. The molecule has 2 N–H and O–H groups in total. The highest BCUT2D eigenvalue weighted by atomic mass is 35.5. The van der Waals surface area contributed by atoms with E-state index in [9.17, 15) is 17.6 Å². The van der Waals surface area contributed by atoms with Gasteiger partial charge >= 0.3 is 6.18 Å². The SMILES string of the molecule is CC(C)(C)[C@H](N)c1cc(C(F)(F)F)cc(Cl)c1F.Cl. The highest BCUT2D eigenvalue weighted by Gasteiger charge is 2.34. The van der Waals surface area contributed by atoms with Gasteiger partial charge in [0, 0.05) is 11.6 Å². The summed E-state index contributed by atoms with van der Waals surface area (Å²) in [6, 6.07) is 0.407. The zero-order valence-electron chi connectivity index (χ0n) is 10.6. The Morgan fingerprint density at radius 1 is 1.16 bits per heavy atom. The molecule has 0 saturated heterocycles. The third kappa shape index (κ3) is 4.23. The molecule has 0 radical (unpaired) electrons. The van der Waals surface area contributed by atoms with Gasteiger partial charge in [0.1, 0.15) is 5.82 Å². The first-order chi connectivity index (χ1) is 7.94. The van der Waals surface area contributed by atoms with E-state index in [1.807, 2.05) is 0 Å². The largest absolute Gasteiger partial charge is 0.416 e. The zero-order chi connectivity index (χ0) is 14.3. The van der Waals surface area contributed by atoms with Crippen molar-refractivity contribution in [3.8, 4) is 0 Å². The molecule has 0 bridgehead atoms. The second-order valence-electron chi connectivity index (χ2n) is 5.20. The maximum atomic E-state index is 13.8. The predicted octanol–water partition coefficient (Wildman–Crippen LogP) is 4.97. The fraction of sp³-hybridized carbons (Fsp3) is 0.500. The molecular weight excluding hydrogens is 305 g/mol. The van der Waals surface area contributed by atoms with Crippen molar-refractivity contribution in [1.82, 2.24) is 0 Å². The third-order valence-electron chi connectivity index (χ3n) is 2.65. The lowest BCUT2D eigenvalue weighted by molar-refractivity contribution is -0.137. The fourth-order valence-corrected chi connectivity index (χ4v) is 1.69. The summed E-state index contributed by atoms with van der Waals surface area (Å²) in [5.74, 6) is -0.896. The molecule has 1 nitrogen and oxygen atoms in total. The average molecular weight is 320 g/mol. The summed E-state index contributed by atoms with van der Waals surface area (Å²) in [6.45, 7) is 5.14. The number of hydrogen-bond acceptors (Lipinski definition) is 1. The van der Waals surface area contributed by atoms with Crippen molar-refractivity contribution < 1.29 is 17.6 Å². The number of benzene rings is 1. The highest BCUT2D eigenvalue weighted by molar-refractivity contribution is 6.30. The van der Waals surface area contributed by atoms with Crippen LogP contribution in [-0.2, 0) is 6.18 Å². The number of hydrogen-bond donors (Lipinski definition) is 1. The van der Waals surface area contributed by atoms with E-state index >= 15 is 0 Å². The maximum absolute atomic E-state index is 13.8. The van der Waals surface area contributed by atoms with E-state index in [0.717, 1.165) is 6.07 Å². The van der Waals surface area contributed by atoms with Crippen LogP contribution < -0.4 is 5.73 Å². The molecule has 0 fully saturated rings. The van der Waals surface area contributed by atoms with Crippen molar-refractivity contribution >= 4 is 24.0 Å². The lowest BCUT2D eigenvalue weighted by atomic mass is 9.82. The number of alkyl halides is 3. The van der Waals surface area contributed by atoms with Crippen LogP contribution in [0.2, 0.25) is 5.02 Å². The van der Waals surface area contributed by atoms with Gasteiger partial charge in [-0.05, 0) is 17.5 Å². The van der Waals surface area contributed by atoms with Gasteiger partial charge in [-0.2, -0.15) is 13.2 Å². The Labute approximate surface area is 120 Å². The van der Waals surface area contributed by atoms with Crippen LogP contribution in [0.25, 0.3) is 0 Å². The van der Waals surface area contributed by atoms with Crippen molar-refractivity contribution in [2.75, 3.05) is 0 Å². The lowest BCUT2D eigenvalue weighted by Gasteiger charge is -2.28. The lowest BCUT2D eigenvalue weighted by Crippen LogP contribution is -2.27. The number of nitrogens with two attached hydrogens (primary N) is 1. The highest BCUT2D eigenvalue weighted by Crippen LogP contribution is 2.38. The van der Waals surface area contributed by atoms with Crippen LogP contribution in [0.5, 0.6) is 0 Å². The van der Waals surface area contributed by atoms with Crippen LogP contribution in [-0.4, -0.2) is 0 Å². The Kier molecular flexibility index (Phi) is 5.69. The van der Waals surface area contributed by atoms with E-state index in [1.54, 1.807) is 20.8 Å². The quantitative estimate of drug-likeness (QED) is 0.727. The van der Waals surface area contributed by atoms with E-state index in [0.29, 0.717) is 6.07 Å². The molecule has 0 aliphatic heterocycles. The Morgan fingerprint density at radius 2 is 1.63 bits per heavy atom. The molecular formula is C12H15Cl2F4N. The van der Waals surface area contributed by atoms with Gasteiger partial charge in [0.15, 0.2) is 0 Å². The van der Waals surface area contributed by atoms with Crippen LogP contribution >= 0.6 is 24.0 Å². The topological polar surface area (TPSA) is 26.0 Å². The average Bonchev–Trinajstić information content (AvgIpc) is 2.17. The van der Waals surface area contributed by atoms with Crippen molar-refractivity contribution in [3.05, 3.63) is 34.1 Å². The van der Waals surface area contributed by atoms with E-state index in [-0.39, 0.29) is 18.0 Å². The minimum absolute atomic E-state index is 0. The monoisotopic (exact) mass is 319 g/mol. The van der Waals surface area contributed by atoms with Crippen LogP contribution in [0.1, 0.15) is 37.9 Å². The molecule has 0 aliphatic carbocycles. The predicted molar refractivity (Wildman–Crippen MR) is 70.0 cm³/mol. The minimum Gasteiger partial charge on any atom is -0.323 e. The standard InChI is InChI=1S/C12H14ClF4N.ClH/c1-11(2,3)10(18)7-4-6(12(15,16)17)5-8(13)9(7)14;/h4-5,10H,18H2,1-3H3;1H/t10-;/m1./s1. The van der Waals surface area contributed by atoms with Gasteiger partial charge < -0.3 is 5.73 Å². The molecule has 1 aromatic rings. The van der Waals surface area contributed by atoms with Crippen LogP contribution in [0.3, 0.4) is 0 Å². The Balaban J connectivity index is 0.00000324. The van der Waals surface area contributed by atoms with Crippen LogP contribution in [0.15, 0.2) is 12.1 Å². The summed E-state index contributed by atoms with van der Waals surface area (Å²) in [5, 5.41) is -0.570. The van der Waals surface area contributed by atoms with Gasteiger partial charge in [0.05, 0.1) is 10.6 Å². The fourth-order valence-electron chi connectivity index (χ4n) is 1.47. The van der Waals surface area contributed by atoms with Crippen molar-refractivity contribution in [2.45, 2.75) is 33.0 Å². The second kappa shape index (κ2) is 5.85. The second-order valence-corrected chi connectivity index (χ2v) is 5.61. The summed E-state index contributed by atoms with van der Waals surface area (Å²) >= 11 is 5.49. The molecule has 0 heterocycles. The first-order valence-electron chi connectivity index (χ1n) is 5.26. The molecule has 0 aliphatic rings. The number of halogens is 6. The molecule has 7 heteroatoms. The molecule has 1 aromatic carbocycles. The normalized spacial score (nSPS) is 13.9. The van der Waals surface area contributed by atoms with Crippen LogP contribution in [0.4, 0.5) is 17.6 Å². The third-order valence-corrected chi connectivity index (χ3v) is 2.93. The summed E-state index contributed by atoms with van der Waals surface area (Å²) in [4.78, 5) is 0. The summed E-state index contributed by atoms with van der Waals surface area (Å²) in [7, 11) is 0. The molecule has 19 heavy (non-hydrogen) atoms. The van der Waals surface area contributed by atoms with E-state index < -0.39 is 34.0 Å². The molecule has 0 spiro atoms. The van der Waals surface area contributed by atoms with E-state index in [4.69, 9.17) is 17.3 Å². The van der Waals surface area contributed by atoms with Gasteiger partial charge in [-0.1, -0.05) is 32.4 Å². The van der Waals surface area contributed by atoms with E-state index in [2.05, 4.69) is 0 Å². The van der Waals surface area contributed by atoms with E-state index in [1.165, 1.54) is 0 Å². The zero-order valence-corrected chi connectivity index (χ0v) is 12.2. The Bertz CT molecular complexity index is 452. The minimum atomic E-state index is -4.58. The van der Waals surface area contributed by atoms with Crippen molar-refractivity contribution in [2.24, 2.45) is 11.1 Å². The Morgan fingerprint density at radius 3 is 2.00 bits per heavy atom. The summed E-state index contributed by atoms with van der Waals surface area (Å²) in [5.41, 5.74) is 4.00. The van der Waals surface area contributed by atoms with Gasteiger partial charge in [0.25, 0.3) is 0 Å². The molecule has 0 aromatic heterocycles. The van der Waals surface area contributed by atoms with Crippen molar-refractivity contribution in [1.29, 1.82) is 0 Å². The molecule has 0 unspecified atom stereocenters. The summed E-state index contributed by atoms with van der Waals surface area (Å²) < 4.78 is 51.6. The smallest absolute Gasteiger partial charge is 0.323 e. The first-order valence-corrected chi connectivity index (χ1v) is 5.64. The first kappa shape index (κ1) is 18.5. The van der Waals surface area contributed by atoms with Crippen molar-refractivity contribution in [3.63, 3.8) is 0 Å². The summed E-state index contributed by atoms with van der Waals surface area (Å²) in [6.07, 6.45) is -4.58.